The molecule has 1 aliphatic rings. The Bertz CT molecular complexity index is 264. The third-order valence-electron chi connectivity index (χ3n) is 2.86. The van der Waals surface area contributed by atoms with Gasteiger partial charge in [0, 0.05) is 25.6 Å². The zero-order chi connectivity index (χ0) is 12.1. The smallest absolute Gasteiger partial charge is 0.320 e. The number of likely N-dealkylation sites (tertiary alicyclic amines) is 1. The van der Waals surface area contributed by atoms with Gasteiger partial charge < -0.3 is 15.3 Å². The number of nitrogens with one attached hydrogen (secondary N) is 1. The van der Waals surface area contributed by atoms with Gasteiger partial charge in [0.2, 0.25) is 5.91 Å². The highest BCUT2D eigenvalue weighted by atomic mass is 16.4. The van der Waals surface area contributed by atoms with Gasteiger partial charge in [0.05, 0.1) is 0 Å². The van der Waals surface area contributed by atoms with Gasteiger partial charge >= 0.3 is 5.97 Å². The first-order valence-electron chi connectivity index (χ1n) is 5.81. The van der Waals surface area contributed by atoms with Crippen LogP contribution in [0.5, 0.6) is 0 Å². The van der Waals surface area contributed by atoms with Crippen LogP contribution in [0.2, 0.25) is 0 Å². The Kier molecular flexibility index (Phi) is 4.73. The fourth-order valence-electron chi connectivity index (χ4n) is 1.99. The Morgan fingerprint density at radius 3 is 2.75 bits per heavy atom. The molecule has 0 aliphatic carbocycles. The molecule has 0 bridgehead atoms. The molecule has 16 heavy (non-hydrogen) atoms. The Morgan fingerprint density at radius 2 is 2.31 bits per heavy atom. The first-order chi connectivity index (χ1) is 7.54. The van der Waals surface area contributed by atoms with E-state index in [4.69, 9.17) is 5.11 Å². The summed E-state index contributed by atoms with van der Waals surface area (Å²) in [5, 5.41) is 11.9. The molecular formula is C11H20N2O3. The van der Waals surface area contributed by atoms with Crippen LogP contribution in [0.1, 0.15) is 33.1 Å². The number of hydrogen-bond acceptors (Lipinski definition) is 3. The molecule has 5 nitrogen and oxygen atoms in total. The van der Waals surface area contributed by atoms with Gasteiger partial charge in [0.1, 0.15) is 6.04 Å². The molecule has 5 heteroatoms. The van der Waals surface area contributed by atoms with Crippen LogP contribution in [0, 0.1) is 0 Å². The van der Waals surface area contributed by atoms with E-state index in [-0.39, 0.29) is 11.9 Å². The number of amides is 1. The lowest BCUT2D eigenvalue weighted by molar-refractivity contribution is -0.139. The number of aliphatic carboxylic acids is 1. The van der Waals surface area contributed by atoms with E-state index in [2.05, 4.69) is 5.32 Å². The summed E-state index contributed by atoms with van der Waals surface area (Å²) in [4.78, 5) is 24.0. The van der Waals surface area contributed by atoms with Crippen LogP contribution in [0.25, 0.3) is 0 Å². The van der Waals surface area contributed by atoms with Crippen molar-refractivity contribution in [2.45, 2.75) is 45.2 Å². The maximum Gasteiger partial charge on any atom is 0.320 e. The van der Waals surface area contributed by atoms with Gasteiger partial charge in [0.25, 0.3) is 0 Å². The molecular weight excluding hydrogens is 208 g/mol. The van der Waals surface area contributed by atoms with Crippen LogP contribution >= 0.6 is 0 Å². The molecule has 0 spiro atoms. The number of carbonyl (C=O) groups excluding carboxylic acids is 1. The van der Waals surface area contributed by atoms with Crippen molar-refractivity contribution >= 4 is 11.9 Å². The first-order valence-corrected chi connectivity index (χ1v) is 5.81. The molecule has 1 fully saturated rings. The fraction of sp³-hybridized carbons (Fsp3) is 0.818. The lowest BCUT2D eigenvalue weighted by Gasteiger charge is -2.24. The molecule has 0 saturated carbocycles. The molecule has 0 aromatic heterocycles. The Morgan fingerprint density at radius 1 is 1.62 bits per heavy atom. The third-order valence-corrected chi connectivity index (χ3v) is 2.86. The van der Waals surface area contributed by atoms with Gasteiger partial charge in [-0.3, -0.25) is 9.59 Å². The SMILES string of the molecule is CCC(NC(C)CN1CCCC1=O)C(=O)O. The highest BCUT2D eigenvalue weighted by molar-refractivity contribution is 5.78. The Hall–Kier alpha value is -1.10. The van der Waals surface area contributed by atoms with E-state index in [9.17, 15) is 9.59 Å². The minimum atomic E-state index is -0.831. The van der Waals surface area contributed by atoms with E-state index in [1.54, 1.807) is 4.90 Å². The van der Waals surface area contributed by atoms with Crippen molar-refractivity contribution in [1.29, 1.82) is 0 Å². The summed E-state index contributed by atoms with van der Waals surface area (Å²) >= 11 is 0. The largest absolute Gasteiger partial charge is 0.480 e. The number of carboxylic acids is 1. The highest BCUT2D eigenvalue weighted by Gasteiger charge is 2.24. The van der Waals surface area contributed by atoms with E-state index in [0.29, 0.717) is 19.4 Å². The number of nitrogens with zero attached hydrogens (tertiary/aromatic N) is 1. The highest BCUT2D eigenvalue weighted by Crippen LogP contribution is 2.10. The van der Waals surface area contributed by atoms with Crippen LogP contribution < -0.4 is 5.32 Å². The molecule has 1 heterocycles. The average molecular weight is 228 g/mol. The molecule has 1 aliphatic heterocycles. The van der Waals surface area contributed by atoms with Crippen LogP contribution in [0.3, 0.4) is 0 Å². The maximum atomic E-state index is 11.4. The van der Waals surface area contributed by atoms with Gasteiger partial charge in [-0.1, -0.05) is 6.92 Å². The van der Waals surface area contributed by atoms with E-state index < -0.39 is 12.0 Å². The van der Waals surface area contributed by atoms with Gasteiger partial charge in [-0.15, -0.1) is 0 Å². The van der Waals surface area contributed by atoms with Crippen molar-refractivity contribution in [2.24, 2.45) is 0 Å². The molecule has 92 valence electrons. The molecule has 2 N–H and O–H groups in total. The molecule has 0 radical (unpaired) electrons. The zero-order valence-electron chi connectivity index (χ0n) is 9.90. The normalized spacial score (nSPS) is 19.9. The number of hydrogen-bond donors (Lipinski definition) is 2. The standard InChI is InChI=1S/C11H20N2O3/c1-3-9(11(15)16)12-8(2)7-13-6-4-5-10(13)14/h8-9,12H,3-7H2,1-2H3,(H,15,16). The van der Waals surface area contributed by atoms with Crippen molar-refractivity contribution in [2.75, 3.05) is 13.1 Å². The van der Waals surface area contributed by atoms with E-state index in [0.717, 1.165) is 13.0 Å². The number of rotatable bonds is 6. The van der Waals surface area contributed by atoms with Crippen molar-refractivity contribution in [3.8, 4) is 0 Å². The van der Waals surface area contributed by atoms with E-state index in [1.807, 2.05) is 13.8 Å². The number of carboxylic acid groups (broad SMARTS) is 1. The van der Waals surface area contributed by atoms with E-state index >= 15 is 0 Å². The van der Waals surface area contributed by atoms with Crippen molar-refractivity contribution < 1.29 is 14.7 Å². The second-order valence-electron chi connectivity index (χ2n) is 4.31. The summed E-state index contributed by atoms with van der Waals surface area (Å²) in [7, 11) is 0. The number of carbonyl (C=O) groups is 2. The molecule has 0 aromatic carbocycles. The Labute approximate surface area is 95.8 Å². The van der Waals surface area contributed by atoms with Crippen molar-refractivity contribution in [3.63, 3.8) is 0 Å². The second-order valence-corrected chi connectivity index (χ2v) is 4.31. The van der Waals surface area contributed by atoms with Gasteiger partial charge in [-0.25, -0.2) is 0 Å². The van der Waals surface area contributed by atoms with Gasteiger partial charge in [0.15, 0.2) is 0 Å². The third kappa shape index (κ3) is 3.48. The average Bonchev–Trinajstić information content (AvgIpc) is 2.60. The minimum Gasteiger partial charge on any atom is -0.480 e. The van der Waals surface area contributed by atoms with Crippen LogP contribution in [0.4, 0.5) is 0 Å². The van der Waals surface area contributed by atoms with Crippen LogP contribution in [-0.4, -0.2) is 47.1 Å². The Balaban J connectivity index is 2.37. The summed E-state index contributed by atoms with van der Waals surface area (Å²) in [5.74, 6) is -0.654. The predicted molar refractivity (Wildman–Crippen MR) is 60.1 cm³/mol. The lowest BCUT2D eigenvalue weighted by Crippen LogP contribution is -2.47. The summed E-state index contributed by atoms with van der Waals surface area (Å²) < 4.78 is 0. The molecule has 0 aromatic rings. The summed E-state index contributed by atoms with van der Waals surface area (Å²) in [6, 6.07) is -0.504. The van der Waals surface area contributed by atoms with Crippen molar-refractivity contribution in [1.82, 2.24) is 10.2 Å². The summed E-state index contributed by atoms with van der Waals surface area (Å²) in [6.45, 7) is 5.15. The predicted octanol–water partition coefficient (Wildman–Crippen LogP) is 0.450. The van der Waals surface area contributed by atoms with Crippen molar-refractivity contribution in [3.05, 3.63) is 0 Å². The lowest BCUT2D eigenvalue weighted by atomic mass is 10.2. The fourth-order valence-corrected chi connectivity index (χ4v) is 1.99. The van der Waals surface area contributed by atoms with Gasteiger partial charge in [-0.2, -0.15) is 0 Å². The summed E-state index contributed by atoms with van der Waals surface area (Å²) in [6.07, 6.45) is 2.10. The maximum absolute atomic E-state index is 11.4. The zero-order valence-corrected chi connectivity index (χ0v) is 9.90. The molecule has 1 saturated heterocycles. The molecule has 1 rings (SSSR count). The second kappa shape index (κ2) is 5.84. The van der Waals surface area contributed by atoms with Crippen LogP contribution in [-0.2, 0) is 9.59 Å². The topological polar surface area (TPSA) is 69.6 Å². The molecule has 1 amide bonds. The monoisotopic (exact) mass is 228 g/mol. The first kappa shape index (κ1) is 13.0. The summed E-state index contributed by atoms with van der Waals surface area (Å²) in [5.41, 5.74) is 0. The quantitative estimate of drug-likeness (QED) is 0.692. The minimum absolute atomic E-state index is 0.0168. The van der Waals surface area contributed by atoms with Crippen LogP contribution in [0.15, 0.2) is 0 Å². The molecule has 2 unspecified atom stereocenters. The van der Waals surface area contributed by atoms with Gasteiger partial charge in [-0.05, 0) is 19.8 Å². The van der Waals surface area contributed by atoms with E-state index in [1.165, 1.54) is 0 Å². The molecule has 2 atom stereocenters.